The molecule has 4 amide bonds. The Morgan fingerprint density at radius 3 is 1.69 bits per heavy atom. The average molecular weight is 750 g/mol. The van der Waals surface area contributed by atoms with E-state index in [4.69, 9.17) is 34.5 Å². The van der Waals surface area contributed by atoms with Crippen molar-refractivity contribution < 1.29 is 28.0 Å². The number of hydrogen-bond donors (Lipinski definition) is 3. The van der Waals surface area contributed by atoms with Gasteiger partial charge in [0, 0.05) is 58.9 Å². The summed E-state index contributed by atoms with van der Waals surface area (Å²) in [4.78, 5) is 56.4. The molecule has 2 saturated heterocycles. The summed E-state index contributed by atoms with van der Waals surface area (Å²) in [5.74, 6) is -3.40. The number of azide groups is 1. The van der Waals surface area contributed by atoms with E-state index >= 15 is 0 Å². The minimum Gasteiger partial charge on any atom is -0.351 e. The molecular formula is C36H32Cl2F2N8O4. The van der Waals surface area contributed by atoms with Crippen molar-refractivity contribution in [3.05, 3.63) is 140 Å². The van der Waals surface area contributed by atoms with E-state index in [0.717, 1.165) is 6.07 Å². The molecule has 0 aliphatic carbocycles. The Hall–Kier alpha value is -5.53. The van der Waals surface area contributed by atoms with Gasteiger partial charge in [0.15, 0.2) is 5.54 Å². The van der Waals surface area contributed by atoms with Crippen LogP contribution in [0.15, 0.2) is 102 Å². The average Bonchev–Trinajstić information content (AvgIpc) is 3.62. The van der Waals surface area contributed by atoms with E-state index < -0.39 is 46.3 Å². The summed E-state index contributed by atoms with van der Waals surface area (Å²) in [6.45, 7) is 0.575. The third kappa shape index (κ3) is 8.32. The van der Waals surface area contributed by atoms with E-state index in [9.17, 15) is 28.0 Å². The highest BCUT2D eigenvalue weighted by Gasteiger charge is 2.53. The molecule has 2 aliphatic rings. The molecule has 52 heavy (non-hydrogen) atoms. The normalized spacial score (nSPS) is 19.4. The van der Waals surface area contributed by atoms with E-state index in [0.29, 0.717) is 29.0 Å². The van der Waals surface area contributed by atoms with Crippen molar-refractivity contribution in [3.8, 4) is 0 Å². The van der Waals surface area contributed by atoms with E-state index in [1.54, 1.807) is 42.5 Å². The quantitative estimate of drug-likeness (QED) is 0.0847. The molecule has 2 fully saturated rings. The number of rotatable bonds is 9. The summed E-state index contributed by atoms with van der Waals surface area (Å²) in [5, 5.41) is 9.11. The molecule has 2 atom stereocenters. The second-order valence-electron chi connectivity index (χ2n) is 12.0. The van der Waals surface area contributed by atoms with Crippen molar-refractivity contribution in [2.75, 3.05) is 22.9 Å². The summed E-state index contributed by atoms with van der Waals surface area (Å²) >= 11 is 11.6. The Morgan fingerprint density at radius 1 is 0.750 bits per heavy atom. The molecule has 4 aromatic rings. The maximum absolute atomic E-state index is 13.4. The lowest BCUT2D eigenvalue weighted by molar-refractivity contribution is -0.135. The first-order valence-corrected chi connectivity index (χ1v) is 16.7. The van der Waals surface area contributed by atoms with Gasteiger partial charge in [0.25, 0.3) is 5.91 Å². The van der Waals surface area contributed by atoms with Gasteiger partial charge in [0.05, 0.1) is 0 Å². The van der Waals surface area contributed by atoms with Crippen molar-refractivity contribution >= 4 is 58.2 Å². The Bertz CT molecular complexity index is 2000. The number of benzene rings is 4. The lowest BCUT2D eigenvalue weighted by Gasteiger charge is -2.22. The van der Waals surface area contributed by atoms with Crippen LogP contribution >= 0.6 is 23.2 Å². The van der Waals surface area contributed by atoms with Gasteiger partial charge >= 0.3 is 0 Å². The van der Waals surface area contributed by atoms with Crippen LogP contribution in [0.2, 0.25) is 10.0 Å². The third-order valence-electron chi connectivity index (χ3n) is 8.54. The van der Waals surface area contributed by atoms with Gasteiger partial charge in [-0.3, -0.25) is 19.2 Å². The zero-order valence-corrected chi connectivity index (χ0v) is 29.0. The molecule has 0 bridgehead atoms. The van der Waals surface area contributed by atoms with Gasteiger partial charge in [-0.1, -0.05) is 64.7 Å². The van der Waals surface area contributed by atoms with E-state index in [1.165, 1.54) is 34.1 Å². The zero-order chi connectivity index (χ0) is 37.5. The molecule has 0 radical (unpaired) electrons. The molecule has 12 nitrogen and oxygen atoms in total. The van der Waals surface area contributed by atoms with Gasteiger partial charge in [0.1, 0.15) is 11.6 Å². The maximum atomic E-state index is 13.4. The summed E-state index contributed by atoms with van der Waals surface area (Å²) in [6.07, 6.45) is 0.247. The van der Waals surface area contributed by atoms with Crippen molar-refractivity contribution in [3.63, 3.8) is 0 Å². The number of carbonyl (C=O) groups is 4. The highest BCUT2D eigenvalue weighted by Crippen LogP contribution is 2.32. The first kappa shape index (κ1) is 37.7. The number of nitrogens with two attached hydrogens (primary N) is 1. The molecular weight excluding hydrogens is 717 g/mol. The van der Waals surface area contributed by atoms with Gasteiger partial charge in [-0.25, -0.2) is 8.78 Å². The molecule has 6 rings (SSSR count). The fourth-order valence-electron chi connectivity index (χ4n) is 5.88. The standard InChI is InChI=1S/C18H15ClFN5O2.C18H17ClFN3O2/c19-13-8-12(9-14(20)10-13)11-22-16(26)18(23-24-21)6-7-25(17(18)27)15-4-2-1-3-5-15;19-13-8-12(9-14(20)10-13)11-22-16(24)18(21)6-7-23(17(18)25)15-4-2-1-3-5-15/h1-5,8-10H,6-7,11H2,(H,22,26);1-5,8-10H,6-7,11,21H2,(H,22,24). The Morgan fingerprint density at radius 2 is 1.21 bits per heavy atom. The predicted molar refractivity (Wildman–Crippen MR) is 192 cm³/mol. The zero-order valence-electron chi connectivity index (χ0n) is 27.4. The van der Waals surface area contributed by atoms with Crippen LogP contribution in [0.25, 0.3) is 10.4 Å². The number of para-hydroxylation sites is 2. The topological polar surface area (TPSA) is 174 Å². The molecule has 2 heterocycles. The minimum atomic E-state index is -1.87. The largest absolute Gasteiger partial charge is 0.351 e. The van der Waals surface area contributed by atoms with Crippen molar-refractivity contribution in [2.45, 2.75) is 37.0 Å². The number of carbonyl (C=O) groups excluding carboxylic acids is 4. The number of amides is 4. The number of halogens is 4. The first-order chi connectivity index (χ1) is 24.9. The van der Waals surface area contributed by atoms with Gasteiger partial charge in [-0.2, -0.15) is 0 Å². The second-order valence-corrected chi connectivity index (χ2v) is 12.9. The van der Waals surface area contributed by atoms with Crippen LogP contribution in [0.4, 0.5) is 20.2 Å². The minimum absolute atomic E-state index is 0.0356. The summed E-state index contributed by atoms with van der Waals surface area (Å²) in [6, 6.07) is 25.7. The third-order valence-corrected chi connectivity index (χ3v) is 8.97. The van der Waals surface area contributed by atoms with E-state index in [-0.39, 0.29) is 42.5 Å². The molecule has 2 unspecified atom stereocenters. The predicted octanol–water partition coefficient (Wildman–Crippen LogP) is 5.81. The first-order valence-electron chi connectivity index (χ1n) is 15.9. The van der Waals surface area contributed by atoms with Crippen LogP contribution in [0.1, 0.15) is 24.0 Å². The summed E-state index contributed by atoms with van der Waals surface area (Å²) in [7, 11) is 0. The summed E-state index contributed by atoms with van der Waals surface area (Å²) < 4.78 is 26.8. The maximum Gasteiger partial charge on any atom is 0.256 e. The highest BCUT2D eigenvalue weighted by atomic mass is 35.5. The van der Waals surface area contributed by atoms with E-state index in [1.807, 2.05) is 24.3 Å². The van der Waals surface area contributed by atoms with Gasteiger partial charge in [-0.05, 0) is 83.7 Å². The molecule has 268 valence electrons. The van der Waals surface area contributed by atoms with Crippen molar-refractivity contribution in [1.82, 2.24) is 10.6 Å². The van der Waals surface area contributed by atoms with Crippen LogP contribution in [0.3, 0.4) is 0 Å². The fourth-order valence-corrected chi connectivity index (χ4v) is 6.37. The van der Waals surface area contributed by atoms with Crippen molar-refractivity contribution in [1.29, 1.82) is 0 Å². The van der Waals surface area contributed by atoms with E-state index in [2.05, 4.69) is 20.7 Å². The fraction of sp³-hybridized carbons (Fsp3) is 0.222. The van der Waals surface area contributed by atoms with Gasteiger partial charge < -0.3 is 26.2 Å². The second kappa shape index (κ2) is 16.2. The Labute approximate surface area is 307 Å². The number of nitrogens with zero attached hydrogens (tertiary/aromatic N) is 5. The SMILES string of the molecule is NC1(C(=O)NCc2cc(F)cc(Cl)c2)CCN(c2ccccc2)C1=O.[N-]=[N+]=NC1(C(=O)NCc2cc(F)cc(Cl)c2)CCN(c2ccccc2)C1=O. The lowest BCUT2D eigenvalue weighted by Crippen LogP contribution is -2.58. The molecule has 4 N–H and O–H groups in total. The Balaban J connectivity index is 0.000000202. The number of anilines is 2. The van der Waals surface area contributed by atoms with Crippen LogP contribution in [-0.4, -0.2) is 47.8 Å². The monoisotopic (exact) mass is 748 g/mol. The van der Waals surface area contributed by atoms with Crippen LogP contribution in [-0.2, 0) is 32.3 Å². The van der Waals surface area contributed by atoms with Crippen LogP contribution < -0.4 is 26.2 Å². The molecule has 0 spiro atoms. The van der Waals surface area contributed by atoms with Crippen LogP contribution in [0.5, 0.6) is 0 Å². The number of nitrogens with one attached hydrogen (secondary N) is 2. The highest BCUT2D eigenvalue weighted by molar-refractivity contribution is 6.31. The van der Waals surface area contributed by atoms with Gasteiger partial charge in [-0.15, -0.1) is 0 Å². The molecule has 0 aromatic heterocycles. The molecule has 4 aromatic carbocycles. The summed E-state index contributed by atoms with van der Waals surface area (Å²) in [5.41, 5.74) is 13.7. The van der Waals surface area contributed by atoms with Crippen LogP contribution in [0, 0.1) is 11.6 Å². The van der Waals surface area contributed by atoms with Crippen molar-refractivity contribution in [2.24, 2.45) is 10.8 Å². The Kier molecular flexibility index (Phi) is 11.8. The molecule has 16 heteroatoms. The number of hydrogen-bond acceptors (Lipinski definition) is 6. The smallest absolute Gasteiger partial charge is 0.256 e. The molecule has 2 aliphatic heterocycles. The molecule has 0 saturated carbocycles. The van der Waals surface area contributed by atoms with Gasteiger partial charge in [0.2, 0.25) is 23.3 Å². The lowest BCUT2D eigenvalue weighted by atomic mass is 9.97.